The molecule has 1 rings (SSSR count). The quantitative estimate of drug-likeness (QED) is 0.679. The molecule has 0 aromatic heterocycles. The third-order valence-corrected chi connectivity index (χ3v) is 4.95. The molecule has 0 aromatic rings. The first-order valence-corrected chi connectivity index (χ1v) is 7.76. The van der Waals surface area contributed by atoms with Gasteiger partial charge >= 0.3 is 0 Å². The summed E-state index contributed by atoms with van der Waals surface area (Å²) in [5, 5.41) is 9.75. The van der Waals surface area contributed by atoms with Crippen LogP contribution in [-0.2, 0) is 0 Å². The van der Waals surface area contributed by atoms with Gasteiger partial charge in [0.15, 0.2) is 0 Å². The average molecular weight is 240 g/mol. The first kappa shape index (κ1) is 15.0. The molecule has 1 nitrogen and oxygen atoms in total. The Bertz CT molecular complexity index is 192. The van der Waals surface area contributed by atoms with Crippen LogP contribution in [0, 0.1) is 17.3 Å². The molecule has 1 N–H and O–H groups in total. The molecule has 1 atom stereocenters. The Morgan fingerprint density at radius 3 is 2.35 bits per heavy atom. The molecular formula is C16H32O. The van der Waals surface area contributed by atoms with Gasteiger partial charge in [-0.15, -0.1) is 0 Å². The van der Waals surface area contributed by atoms with Crippen LogP contribution in [0.2, 0.25) is 0 Å². The summed E-state index contributed by atoms with van der Waals surface area (Å²) in [6.07, 6.45) is 11.9. The zero-order valence-electron chi connectivity index (χ0n) is 12.2. The molecule has 0 heterocycles. The van der Waals surface area contributed by atoms with Crippen molar-refractivity contribution in [3.8, 4) is 0 Å². The highest BCUT2D eigenvalue weighted by Gasteiger charge is 2.35. The summed E-state index contributed by atoms with van der Waals surface area (Å²) in [6.45, 7) is 7.30. The SMILES string of the molecule is CCCCC1CCC(CO)(CC(C)CC)CC1. The molecule has 0 bridgehead atoms. The van der Waals surface area contributed by atoms with Crippen LogP contribution in [0.15, 0.2) is 0 Å². The molecule has 0 aliphatic heterocycles. The van der Waals surface area contributed by atoms with Gasteiger partial charge in [-0.05, 0) is 49.4 Å². The number of aliphatic hydroxyl groups excluding tert-OH is 1. The number of rotatable bonds is 7. The van der Waals surface area contributed by atoms with Gasteiger partial charge in [0.2, 0.25) is 0 Å². The maximum Gasteiger partial charge on any atom is 0.0487 e. The topological polar surface area (TPSA) is 20.2 Å². The molecule has 1 heteroatoms. The van der Waals surface area contributed by atoms with Crippen molar-refractivity contribution in [3.05, 3.63) is 0 Å². The van der Waals surface area contributed by atoms with Crippen molar-refractivity contribution in [2.75, 3.05) is 6.61 Å². The van der Waals surface area contributed by atoms with Gasteiger partial charge in [-0.3, -0.25) is 0 Å². The average Bonchev–Trinajstić information content (AvgIpc) is 2.38. The minimum atomic E-state index is 0.276. The highest BCUT2D eigenvalue weighted by molar-refractivity contribution is 4.86. The van der Waals surface area contributed by atoms with Gasteiger partial charge in [0, 0.05) is 6.61 Å². The Hall–Kier alpha value is -0.0400. The zero-order valence-corrected chi connectivity index (χ0v) is 12.2. The summed E-state index contributed by atoms with van der Waals surface area (Å²) < 4.78 is 0. The molecule has 0 amide bonds. The lowest BCUT2D eigenvalue weighted by Gasteiger charge is -2.40. The van der Waals surface area contributed by atoms with Crippen LogP contribution in [0.25, 0.3) is 0 Å². The Morgan fingerprint density at radius 2 is 1.88 bits per heavy atom. The van der Waals surface area contributed by atoms with Crippen molar-refractivity contribution < 1.29 is 5.11 Å². The molecule has 0 aromatic carbocycles. The molecule has 0 saturated heterocycles. The number of hydrogen-bond donors (Lipinski definition) is 1. The standard InChI is InChI=1S/C16H32O/c1-4-6-7-15-8-10-16(13-17,11-9-15)12-14(3)5-2/h14-15,17H,4-13H2,1-3H3. The Balaban J connectivity index is 2.39. The second kappa shape index (κ2) is 7.41. The molecule has 0 radical (unpaired) electrons. The number of aliphatic hydroxyl groups is 1. The molecule has 17 heavy (non-hydrogen) atoms. The summed E-state index contributed by atoms with van der Waals surface area (Å²) in [5.41, 5.74) is 0.276. The van der Waals surface area contributed by atoms with Gasteiger partial charge in [-0.2, -0.15) is 0 Å². The van der Waals surface area contributed by atoms with Gasteiger partial charge < -0.3 is 5.11 Å². The van der Waals surface area contributed by atoms with E-state index < -0.39 is 0 Å². The van der Waals surface area contributed by atoms with Gasteiger partial charge in [0.25, 0.3) is 0 Å². The largest absolute Gasteiger partial charge is 0.396 e. The molecule has 1 fully saturated rings. The van der Waals surface area contributed by atoms with Crippen LogP contribution >= 0.6 is 0 Å². The van der Waals surface area contributed by atoms with Crippen molar-refractivity contribution in [3.63, 3.8) is 0 Å². The molecule has 0 spiro atoms. The zero-order chi connectivity index (χ0) is 12.7. The van der Waals surface area contributed by atoms with E-state index in [2.05, 4.69) is 20.8 Å². The van der Waals surface area contributed by atoms with E-state index in [9.17, 15) is 5.11 Å². The lowest BCUT2D eigenvalue weighted by Crippen LogP contribution is -2.32. The predicted octanol–water partition coefficient (Wildman–Crippen LogP) is 4.78. The van der Waals surface area contributed by atoms with Crippen molar-refractivity contribution in [2.45, 2.75) is 78.6 Å². The van der Waals surface area contributed by atoms with Crippen LogP contribution < -0.4 is 0 Å². The predicted molar refractivity (Wildman–Crippen MR) is 75.1 cm³/mol. The van der Waals surface area contributed by atoms with Crippen LogP contribution in [0.4, 0.5) is 0 Å². The Kier molecular flexibility index (Phi) is 6.54. The maximum atomic E-state index is 9.75. The van der Waals surface area contributed by atoms with Crippen LogP contribution in [0.5, 0.6) is 0 Å². The van der Waals surface area contributed by atoms with Gasteiger partial charge in [-0.25, -0.2) is 0 Å². The first-order chi connectivity index (χ1) is 8.15. The fourth-order valence-corrected chi connectivity index (χ4v) is 3.38. The lowest BCUT2D eigenvalue weighted by molar-refractivity contribution is 0.0404. The van der Waals surface area contributed by atoms with Crippen molar-refractivity contribution >= 4 is 0 Å². The smallest absolute Gasteiger partial charge is 0.0487 e. The van der Waals surface area contributed by atoms with E-state index in [4.69, 9.17) is 0 Å². The van der Waals surface area contributed by atoms with E-state index in [1.807, 2.05) is 0 Å². The number of hydrogen-bond acceptors (Lipinski definition) is 1. The second-order valence-electron chi connectivity index (χ2n) is 6.46. The minimum Gasteiger partial charge on any atom is -0.396 e. The highest BCUT2D eigenvalue weighted by atomic mass is 16.3. The van der Waals surface area contributed by atoms with E-state index in [0.717, 1.165) is 11.8 Å². The summed E-state index contributed by atoms with van der Waals surface area (Å²) in [7, 11) is 0. The van der Waals surface area contributed by atoms with E-state index >= 15 is 0 Å². The van der Waals surface area contributed by atoms with E-state index in [1.54, 1.807) is 0 Å². The minimum absolute atomic E-state index is 0.276. The molecule has 1 saturated carbocycles. The summed E-state index contributed by atoms with van der Waals surface area (Å²) in [4.78, 5) is 0. The van der Waals surface area contributed by atoms with Crippen LogP contribution in [-0.4, -0.2) is 11.7 Å². The van der Waals surface area contributed by atoms with E-state index in [1.165, 1.54) is 57.8 Å². The third-order valence-electron chi connectivity index (χ3n) is 4.95. The highest BCUT2D eigenvalue weighted by Crippen LogP contribution is 2.44. The fourth-order valence-electron chi connectivity index (χ4n) is 3.38. The normalized spacial score (nSPS) is 31.4. The molecule has 1 aliphatic rings. The molecule has 102 valence electrons. The second-order valence-corrected chi connectivity index (χ2v) is 6.46. The lowest BCUT2D eigenvalue weighted by atomic mass is 9.66. The summed E-state index contributed by atoms with van der Waals surface area (Å²) in [5.74, 6) is 1.72. The van der Waals surface area contributed by atoms with Gasteiger partial charge in [-0.1, -0.05) is 46.5 Å². The summed E-state index contributed by atoms with van der Waals surface area (Å²) >= 11 is 0. The van der Waals surface area contributed by atoms with Crippen molar-refractivity contribution in [2.24, 2.45) is 17.3 Å². The van der Waals surface area contributed by atoms with Crippen LogP contribution in [0.1, 0.15) is 78.6 Å². The van der Waals surface area contributed by atoms with Crippen molar-refractivity contribution in [1.82, 2.24) is 0 Å². The Morgan fingerprint density at radius 1 is 1.24 bits per heavy atom. The van der Waals surface area contributed by atoms with Gasteiger partial charge in [0.1, 0.15) is 0 Å². The Labute approximate surface area is 108 Å². The van der Waals surface area contributed by atoms with Crippen LogP contribution in [0.3, 0.4) is 0 Å². The van der Waals surface area contributed by atoms with Gasteiger partial charge in [0.05, 0.1) is 0 Å². The fraction of sp³-hybridized carbons (Fsp3) is 1.00. The molecule has 1 unspecified atom stereocenters. The number of unbranched alkanes of at least 4 members (excludes halogenated alkanes) is 1. The first-order valence-electron chi connectivity index (χ1n) is 7.76. The maximum absolute atomic E-state index is 9.75. The van der Waals surface area contributed by atoms with E-state index in [-0.39, 0.29) is 5.41 Å². The monoisotopic (exact) mass is 240 g/mol. The van der Waals surface area contributed by atoms with Crippen molar-refractivity contribution in [1.29, 1.82) is 0 Å². The molecule has 1 aliphatic carbocycles. The van der Waals surface area contributed by atoms with E-state index in [0.29, 0.717) is 6.61 Å². The third kappa shape index (κ3) is 4.62. The molecular weight excluding hydrogens is 208 g/mol. The summed E-state index contributed by atoms with van der Waals surface area (Å²) in [6, 6.07) is 0.